The van der Waals surface area contributed by atoms with Crippen LogP contribution in [0.1, 0.15) is 56.3 Å². The highest BCUT2D eigenvalue weighted by Crippen LogP contribution is 2.36. The molecule has 2 amide bonds. The number of amides is 2. The van der Waals surface area contributed by atoms with Crippen molar-refractivity contribution in [1.82, 2.24) is 19.9 Å². The van der Waals surface area contributed by atoms with Gasteiger partial charge in [0.2, 0.25) is 5.95 Å². The third-order valence-electron chi connectivity index (χ3n) is 6.96. The van der Waals surface area contributed by atoms with E-state index in [1.54, 1.807) is 38.4 Å². The molecular formula is C29H29ClFN5O3. The first-order chi connectivity index (χ1) is 18.3. The van der Waals surface area contributed by atoms with Crippen LogP contribution >= 0.6 is 11.6 Å². The largest absolute Gasteiger partial charge is 0.449 e. The number of hydrogen-bond acceptors (Lipinski definition) is 6. The smallest absolute Gasteiger partial charge is 0.290 e. The van der Waals surface area contributed by atoms with Crippen molar-refractivity contribution in [3.05, 3.63) is 70.5 Å². The van der Waals surface area contributed by atoms with Gasteiger partial charge < -0.3 is 9.32 Å². The maximum atomic E-state index is 14.2. The number of aryl methyl sites for hydroxylation is 1. The maximum absolute atomic E-state index is 14.2. The topological polar surface area (TPSA) is 92.4 Å². The molecule has 0 radical (unpaired) electrons. The third kappa shape index (κ3) is 4.76. The number of pyridine rings is 1. The summed E-state index contributed by atoms with van der Waals surface area (Å²) in [6.07, 6.45) is 3.31. The summed E-state index contributed by atoms with van der Waals surface area (Å²) in [5, 5.41) is 0.0262. The highest BCUT2D eigenvalue weighted by atomic mass is 35.5. The van der Waals surface area contributed by atoms with Crippen molar-refractivity contribution in [3.8, 4) is 11.3 Å². The van der Waals surface area contributed by atoms with Gasteiger partial charge in [-0.1, -0.05) is 38.4 Å². The lowest BCUT2D eigenvalue weighted by Crippen LogP contribution is -2.65. The standard InChI is InChI=1S/C29H29ClFN5O3/c1-16-14-32-27(33-15-16)35-9-10-36(29(5,6)26(35)38)25(37)23-13-22-24(39-23)18(28(2,3)4)12-21(34-22)17-7-8-19(30)20(31)11-17/h7-8,11-15H,9-10H2,1-6H3. The van der Waals surface area contributed by atoms with Gasteiger partial charge in [-0.2, -0.15) is 0 Å². The zero-order valence-electron chi connectivity index (χ0n) is 22.7. The molecule has 1 fully saturated rings. The Morgan fingerprint density at radius 3 is 2.44 bits per heavy atom. The zero-order valence-corrected chi connectivity index (χ0v) is 23.4. The second-order valence-corrected chi connectivity index (χ2v) is 11.7. The summed E-state index contributed by atoms with van der Waals surface area (Å²) >= 11 is 5.88. The Labute approximate surface area is 230 Å². The van der Waals surface area contributed by atoms with Gasteiger partial charge in [0, 0.05) is 42.7 Å². The number of carbonyl (C=O) groups is 2. The van der Waals surface area contributed by atoms with Gasteiger partial charge in [0.25, 0.3) is 11.8 Å². The van der Waals surface area contributed by atoms with Gasteiger partial charge in [-0.05, 0) is 49.9 Å². The van der Waals surface area contributed by atoms with E-state index >= 15 is 0 Å². The van der Waals surface area contributed by atoms with E-state index in [-0.39, 0.29) is 35.2 Å². The van der Waals surface area contributed by atoms with E-state index in [0.717, 1.165) is 11.1 Å². The molecule has 0 bridgehead atoms. The van der Waals surface area contributed by atoms with Crippen LogP contribution in [0.3, 0.4) is 0 Å². The molecule has 10 heteroatoms. The minimum Gasteiger partial charge on any atom is -0.449 e. The number of benzene rings is 1. The molecule has 4 heterocycles. The number of furan rings is 1. The lowest BCUT2D eigenvalue weighted by atomic mass is 9.86. The van der Waals surface area contributed by atoms with Gasteiger partial charge in [0.05, 0.1) is 10.7 Å². The molecule has 1 saturated heterocycles. The number of anilines is 1. The Hall–Kier alpha value is -3.85. The third-order valence-corrected chi connectivity index (χ3v) is 7.26. The van der Waals surface area contributed by atoms with Crippen molar-refractivity contribution >= 4 is 40.5 Å². The zero-order chi connectivity index (χ0) is 28.3. The Bertz CT molecular complexity index is 1610. The van der Waals surface area contributed by atoms with E-state index in [2.05, 4.69) is 15.0 Å². The molecule has 3 aromatic heterocycles. The number of hydrogen-bond donors (Lipinski definition) is 0. The van der Waals surface area contributed by atoms with Gasteiger partial charge in [0.1, 0.15) is 16.9 Å². The van der Waals surface area contributed by atoms with Crippen LogP contribution in [0.2, 0.25) is 5.02 Å². The molecule has 1 aromatic carbocycles. The van der Waals surface area contributed by atoms with Crippen LogP contribution in [-0.2, 0) is 10.2 Å². The van der Waals surface area contributed by atoms with E-state index in [1.807, 2.05) is 33.8 Å². The molecule has 39 heavy (non-hydrogen) atoms. The summed E-state index contributed by atoms with van der Waals surface area (Å²) < 4.78 is 20.3. The van der Waals surface area contributed by atoms with Crippen LogP contribution in [0.4, 0.5) is 10.3 Å². The van der Waals surface area contributed by atoms with Crippen molar-refractivity contribution in [2.75, 3.05) is 18.0 Å². The minimum absolute atomic E-state index is 0.0262. The Balaban J connectivity index is 1.52. The second kappa shape index (κ2) is 9.41. The average molecular weight is 550 g/mol. The molecule has 0 spiro atoms. The van der Waals surface area contributed by atoms with Crippen molar-refractivity contribution in [2.24, 2.45) is 0 Å². The fraction of sp³-hybridized carbons (Fsp3) is 0.345. The molecule has 1 aliphatic rings. The molecule has 202 valence electrons. The summed E-state index contributed by atoms with van der Waals surface area (Å²) in [5.74, 6) is -0.876. The first-order valence-corrected chi connectivity index (χ1v) is 13.0. The minimum atomic E-state index is -1.17. The fourth-order valence-electron chi connectivity index (χ4n) is 4.72. The Kier molecular flexibility index (Phi) is 6.45. The highest BCUT2D eigenvalue weighted by Gasteiger charge is 2.46. The van der Waals surface area contributed by atoms with Crippen molar-refractivity contribution in [1.29, 1.82) is 0 Å². The number of halogens is 2. The SMILES string of the molecule is Cc1cnc(N2CCN(C(=O)c3cc4nc(-c5ccc(Cl)c(F)c5)cc(C(C)(C)C)c4o3)C(C)(C)C2=O)nc1. The van der Waals surface area contributed by atoms with Crippen LogP contribution in [0.25, 0.3) is 22.4 Å². The molecule has 0 unspecified atom stereocenters. The van der Waals surface area contributed by atoms with E-state index in [9.17, 15) is 14.0 Å². The molecule has 4 aromatic rings. The monoisotopic (exact) mass is 549 g/mol. The number of nitrogens with zero attached hydrogens (tertiary/aromatic N) is 5. The molecule has 1 aliphatic heterocycles. The fourth-order valence-corrected chi connectivity index (χ4v) is 4.84. The number of aromatic nitrogens is 3. The van der Waals surface area contributed by atoms with Crippen LogP contribution in [0, 0.1) is 12.7 Å². The van der Waals surface area contributed by atoms with E-state index in [4.69, 9.17) is 16.0 Å². The van der Waals surface area contributed by atoms with Crippen molar-refractivity contribution in [3.63, 3.8) is 0 Å². The van der Waals surface area contributed by atoms with E-state index in [0.29, 0.717) is 28.3 Å². The lowest BCUT2D eigenvalue weighted by Gasteiger charge is -2.44. The second-order valence-electron chi connectivity index (χ2n) is 11.3. The van der Waals surface area contributed by atoms with Gasteiger partial charge in [-0.15, -0.1) is 0 Å². The van der Waals surface area contributed by atoms with Gasteiger partial charge >= 0.3 is 0 Å². The molecule has 0 saturated carbocycles. The molecule has 0 atom stereocenters. The van der Waals surface area contributed by atoms with Gasteiger partial charge in [-0.3, -0.25) is 14.5 Å². The van der Waals surface area contributed by atoms with E-state index < -0.39 is 17.3 Å². The average Bonchev–Trinajstić information content (AvgIpc) is 3.30. The first-order valence-electron chi connectivity index (χ1n) is 12.6. The van der Waals surface area contributed by atoms with E-state index in [1.165, 1.54) is 21.9 Å². The number of fused-ring (bicyclic) bond motifs is 1. The van der Waals surface area contributed by atoms with Gasteiger partial charge in [-0.25, -0.2) is 19.3 Å². The van der Waals surface area contributed by atoms with Crippen LogP contribution < -0.4 is 4.90 Å². The number of piperazine rings is 1. The summed E-state index contributed by atoms with van der Waals surface area (Å²) in [6, 6.07) is 7.94. The van der Waals surface area contributed by atoms with Crippen LogP contribution in [0.15, 0.2) is 47.1 Å². The summed E-state index contributed by atoms with van der Waals surface area (Å²) in [5.41, 5.74) is 2.18. The quantitative estimate of drug-likeness (QED) is 0.313. The first kappa shape index (κ1) is 26.7. The Morgan fingerprint density at radius 2 is 1.79 bits per heavy atom. The molecule has 0 N–H and O–H groups in total. The Morgan fingerprint density at radius 1 is 1.10 bits per heavy atom. The highest BCUT2D eigenvalue weighted by molar-refractivity contribution is 6.30. The summed E-state index contributed by atoms with van der Waals surface area (Å²) in [4.78, 5) is 43.5. The molecule has 8 nitrogen and oxygen atoms in total. The molecular weight excluding hydrogens is 521 g/mol. The molecule has 5 rings (SSSR count). The van der Waals surface area contributed by atoms with Crippen molar-refractivity contribution in [2.45, 2.75) is 52.5 Å². The van der Waals surface area contributed by atoms with Crippen molar-refractivity contribution < 1.29 is 18.4 Å². The summed E-state index contributed by atoms with van der Waals surface area (Å²) in [7, 11) is 0. The maximum Gasteiger partial charge on any atom is 0.290 e. The lowest BCUT2D eigenvalue weighted by molar-refractivity contribution is -0.130. The van der Waals surface area contributed by atoms with Crippen LogP contribution in [0.5, 0.6) is 0 Å². The molecule has 0 aliphatic carbocycles. The predicted molar refractivity (Wildman–Crippen MR) is 147 cm³/mol. The van der Waals surface area contributed by atoms with Crippen LogP contribution in [-0.4, -0.2) is 50.3 Å². The van der Waals surface area contributed by atoms with Gasteiger partial charge in [0.15, 0.2) is 11.3 Å². The predicted octanol–water partition coefficient (Wildman–Crippen LogP) is 5.95. The normalized spacial score (nSPS) is 15.7. The summed E-state index contributed by atoms with van der Waals surface area (Å²) in [6.45, 7) is 11.8. The number of rotatable bonds is 3. The number of carbonyl (C=O) groups excluding carboxylic acids is 2.